The lowest BCUT2D eigenvalue weighted by molar-refractivity contribution is -0.136. The Morgan fingerprint density at radius 2 is 1.81 bits per heavy atom. The minimum absolute atomic E-state index is 0.00235. The predicted molar refractivity (Wildman–Crippen MR) is 105 cm³/mol. The van der Waals surface area contributed by atoms with Gasteiger partial charge < -0.3 is 25.4 Å². The first-order valence-corrected chi connectivity index (χ1v) is 9.42. The van der Waals surface area contributed by atoms with E-state index in [9.17, 15) is 14.7 Å². The van der Waals surface area contributed by atoms with E-state index in [4.69, 9.17) is 14.9 Å². The summed E-state index contributed by atoms with van der Waals surface area (Å²) in [5.74, 6) is -1.03. The third-order valence-electron chi connectivity index (χ3n) is 3.50. The highest BCUT2D eigenvalue weighted by Crippen LogP contribution is 2.38. The number of aliphatic carboxylic acids is 1. The van der Waals surface area contributed by atoms with Crippen LogP contribution in [0.3, 0.4) is 0 Å². The van der Waals surface area contributed by atoms with Crippen molar-refractivity contribution in [2.24, 2.45) is 0 Å². The fourth-order valence-corrected chi connectivity index (χ4v) is 3.66. The molecule has 2 aromatic carbocycles. The number of ether oxygens (including phenoxy) is 1. The number of aliphatic hydroxyl groups is 1. The molecule has 2 rings (SSSR count). The molecule has 0 radical (unpaired) electrons. The van der Waals surface area contributed by atoms with E-state index in [1.165, 1.54) is 18.2 Å². The summed E-state index contributed by atoms with van der Waals surface area (Å²) in [6.45, 7) is 1.40. The third kappa shape index (κ3) is 5.69. The van der Waals surface area contributed by atoms with Crippen molar-refractivity contribution < 1.29 is 29.6 Å². The molecule has 0 spiro atoms. The van der Waals surface area contributed by atoms with Crippen molar-refractivity contribution in [2.75, 3.05) is 6.61 Å². The van der Waals surface area contributed by atoms with E-state index in [0.29, 0.717) is 26.0 Å². The Bertz CT molecular complexity index is 848. The standard InChI is InChI=1S/C18H17Br2NO6/c1-9(8-22)21-18(26)12-7-11(2-3-15(12)23)27-17-13(19)4-10(5-14(17)20)6-16(24)25/h2-5,7,9,22-23H,6,8H2,1H3,(H,21,26)(H,24,25). The van der Waals surface area contributed by atoms with E-state index < -0.39 is 17.9 Å². The minimum atomic E-state index is -0.950. The van der Waals surface area contributed by atoms with Crippen molar-refractivity contribution in [3.8, 4) is 17.2 Å². The number of rotatable bonds is 7. The summed E-state index contributed by atoms with van der Waals surface area (Å²) in [6.07, 6.45) is -0.135. The maximum atomic E-state index is 12.2. The van der Waals surface area contributed by atoms with Gasteiger partial charge in [-0.25, -0.2) is 0 Å². The minimum Gasteiger partial charge on any atom is -0.507 e. The van der Waals surface area contributed by atoms with Crippen LogP contribution in [0.5, 0.6) is 17.2 Å². The number of halogens is 2. The van der Waals surface area contributed by atoms with Crippen LogP contribution in [0.4, 0.5) is 0 Å². The van der Waals surface area contributed by atoms with Gasteiger partial charge in [0.2, 0.25) is 0 Å². The lowest BCUT2D eigenvalue weighted by atomic mass is 10.1. The van der Waals surface area contributed by atoms with Crippen molar-refractivity contribution in [2.45, 2.75) is 19.4 Å². The SMILES string of the molecule is CC(CO)NC(=O)c1cc(Oc2c(Br)cc(CC(=O)O)cc2Br)ccc1O. The van der Waals surface area contributed by atoms with Gasteiger partial charge in [-0.05, 0) is 74.7 Å². The highest BCUT2D eigenvalue weighted by molar-refractivity contribution is 9.11. The van der Waals surface area contributed by atoms with Gasteiger partial charge in [0.15, 0.2) is 5.75 Å². The molecule has 9 heteroatoms. The van der Waals surface area contributed by atoms with Crippen molar-refractivity contribution in [3.63, 3.8) is 0 Å². The number of hydrogen-bond acceptors (Lipinski definition) is 5. The van der Waals surface area contributed by atoms with Gasteiger partial charge in [-0.1, -0.05) is 0 Å². The normalized spacial score (nSPS) is 11.7. The Balaban J connectivity index is 2.29. The Morgan fingerprint density at radius 3 is 2.37 bits per heavy atom. The number of phenols is 1. The summed E-state index contributed by atoms with van der Waals surface area (Å²) in [4.78, 5) is 23.1. The lowest BCUT2D eigenvalue weighted by Gasteiger charge is -2.14. The Hall–Kier alpha value is -2.10. The number of carbonyl (C=O) groups is 2. The molecule has 1 unspecified atom stereocenters. The van der Waals surface area contributed by atoms with Crippen LogP contribution < -0.4 is 10.1 Å². The van der Waals surface area contributed by atoms with Crippen molar-refractivity contribution in [1.29, 1.82) is 0 Å². The third-order valence-corrected chi connectivity index (χ3v) is 4.68. The largest absolute Gasteiger partial charge is 0.507 e. The second kappa shape index (κ2) is 9.20. The van der Waals surface area contributed by atoms with Gasteiger partial charge in [0.1, 0.15) is 11.5 Å². The van der Waals surface area contributed by atoms with Crippen LogP contribution in [0.1, 0.15) is 22.8 Å². The molecule has 27 heavy (non-hydrogen) atoms. The van der Waals surface area contributed by atoms with Gasteiger partial charge in [-0.15, -0.1) is 0 Å². The van der Waals surface area contributed by atoms with Crippen LogP contribution in [-0.2, 0) is 11.2 Å². The first-order chi connectivity index (χ1) is 12.7. The number of benzene rings is 2. The zero-order valence-electron chi connectivity index (χ0n) is 14.2. The smallest absolute Gasteiger partial charge is 0.307 e. The van der Waals surface area contributed by atoms with E-state index in [-0.39, 0.29) is 24.3 Å². The van der Waals surface area contributed by atoms with Gasteiger partial charge >= 0.3 is 5.97 Å². The zero-order valence-corrected chi connectivity index (χ0v) is 17.4. The fourth-order valence-electron chi connectivity index (χ4n) is 2.21. The van der Waals surface area contributed by atoms with Crippen molar-refractivity contribution in [1.82, 2.24) is 5.32 Å². The Kier molecular flexibility index (Phi) is 7.23. The van der Waals surface area contributed by atoms with Crippen molar-refractivity contribution >= 4 is 43.7 Å². The number of carbonyl (C=O) groups excluding carboxylic acids is 1. The quantitative estimate of drug-likeness (QED) is 0.461. The molecular formula is C18H17Br2NO6. The van der Waals surface area contributed by atoms with E-state index >= 15 is 0 Å². The summed E-state index contributed by atoms with van der Waals surface area (Å²) in [5.41, 5.74) is 0.583. The predicted octanol–water partition coefficient (Wildman–Crippen LogP) is 3.45. The molecule has 0 saturated carbocycles. The summed E-state index contributed by atoms with van der Waals surface area (Å²) in [5, 5.41) is 30.4. The molecule has 0 aliphatic rings. The molecule has 0 aliphatic heterocycles. The van der Waals surface area contributed by atoms with Crippen LogP contribution in [0, 0.1) is 0 Å². The monoisotopic (exact) mass is 501 g/mol. The number of hydrogen-bond donors (Lipinski definition) is 4. The van der Waals surface area contributed by atoms with Crippen LogP contribution in [-0.4, -0.2) is 39.8 Å². The van der Waals surface area contributed by atoms with E-state index in [1.807, 2.05) is 0 Å². The van der Waals surface area contributed by atoms with Gasteiger partial charge in [0.25, 0.3) is 5.91 Å². The number of carboxylic acids is 1. The second-order valence-corrected chi connectivity index (χ2v) is 7.51. The Labute approximate surface area is 172 Å². The number of aromatic hydroxyl groups is 1. The highest BCUT2D eigenvalue weighted by atomic mass is 79.9. The summed E-state index contributed by atoms with van der Waals surface area (Å²) >= 11 is 6.69. The lowest BCUT2D eigenvalue weighted by Crippen LogP contribution is -2.35. The van der Waals surface area contributed by atoms with Gasteiger partial charge in [-0.2, -0.15) is 0 Å². The molecule has 0 aliphatic carbocycles. The molecule has 0 saturated heterocycles. The first kappa shape index (κ1) is 21.2. The molecule has 7 nitrogen and oxygen atoms in total. The first-order valence-electron chi connectivity index (χ1n) is 7.83. The molecule has 144 valence electrons. The number of nitrogens with one attached hydrogen (secondary N) is 1. The summed E-state index contributed by atoms with van der Waals surface area (Å²) in [6, 6.07) is 6.99. The molecule has 0 fully saturated rings. The molecule has 4 N–H and O–H groups in total. The van der Waals surface area contributed by atoms with E-state index in [2.05, 4.69) is 37.2 Å². The van der Waals surface area contributed by atoms with E-state index in [1.54, 1.807) is 19.1 Å². The van der Waals surface area contributed by atoms with Crippen molar-refractivity contribution in [3.05, 3.63) is 50.4 Å². The highest BCUT2D eigenvalue weighted by Gasteiger charge is 2.17. The number of carboxylic acid groups (broad SMARTS) is 1. The molecule has 2 aromatic rings. The zero-order chi connectivity index (χ0) is 20.1. The van der Waals surface area contributed by atoms with Crippen LogP contribution in [0.25, 0.3) is 0 Å². The fraction of sp³-hybridized carbons (Fsp3) is 0.222. The topological polar surface area (TPSA) is 116 Å². The van der Waals surface area contributed by atoms with Gasteiger partial charge in [0.05, 0.1) is 27.5 Å². The molecule has 1 atom stereocenters. The average molecular weight is 503 g/mol. The van der Waals surface area contributed by atoms with Crippen LogP contribution in [0.2, 0.25) is 0 Å². The Morgan fingerprint density at radius 1 is 1.19 bits per heavy atom. The molecule has 1 amide bonds. The number of amides is 1. The maximum Gasteiger partial charge on any atom is 0.307 e. The van der Waals surface area contributed by atoms with E-state index in [0.717, 1.165) is 0 Å². The number of phenolic OH excluding ortho intramolecular Hbond substituents is 1. The average Bonchev–Trinajstić information content (AvgIpc) is 2.58. The number of aliphatic hydroxyl groups excluding tert-OH is 1. The van der Waals surface area contributed by atoms with Crippen LogP contribution >= 0.6 is 31.9 Å². The summed E-state index contributed by atoms with van der Waals surface area (Å²) in [7, 11) is 0. The molecule has 0 aromatic heterocycles. The molecular weight excluding hydrogens is 486 g/mol. The van der Waals surface area contributed by atoms with Crippen LogP contribution in [0.15, 0.2) is 39.3 Å². The van der Waals surface area contributed by atoms with Gasteiger partial charge in [-0.3, -0.25) is 9.59 Å². The molecule has 0 heterocycles. The second-order valence-electron chi connectivity index (χ2n) is 5.80. The molecule has 0 bridgehead atoms. The van der Waals surface area contributed by atoms with Gasteiger partial charge in [0, 0.05) is 6.04 Å². The maximum absolute atomic E-state index is 12.2. The summed E-state index contributed by atoms with van der Waals surface area (Å²) < 4.78 is 6.85.